The van der Waals surface area contributed by atoms with E-state index in [1.807, 2.05) is 42.5 Å². The molecule has 2 rings (SSSR count). The summed E-state index contributed by atoms with van der Waals surface area (Å²) in [5.41, 5.74) is 8.17. The molecule has 4 nitrogen and oxygen atoms in total. The van der Waals surface area contributed by atoms with Gasteiger partial charge in [-0.1, -0.05) is 24.3 Å². The predicted octanol–water partition coefficient (Wildman–Crippen LogP) is 2.65. The first-order valence-corrected chi connectivity index (χ1v) is 5.82. The maximum atomic E-state index is 7.47. The highest BCUT2D eigenvalue weighted by Gasteiger charge is 2.07. The van der Waals surface area contributed by atoms with E-state index in [2.05, 4.69) is 0 Å². The molecule has 0 spiro atoms. The van der Waals surface area contributed by atoms with Crippen molar-refractivity contribution in [2.75, 3.05) is 14.2 Å². The second kappa shape index (κ2) is 5.44. The zero-order valence-corrected chi connectivity index (χ0v) is 10.9. The van der Waals surface area contributed by atoms with Gasteiger partial charge in [0.2, 0.25) is 0 Å². The Morgan fingerprint density at radius 3 is 2.26 bits per heavy atom. The van der Waals surface area contributed by atoms with E-state index in [1.54, 1.807) is 14.2 Å². The summed E-state index contributed by atoms with van der Waals surface area (Å²) >= 11 is 0. The topological polar surface area (TPSA) is 68.3 Å². The maximum absolute atomic E-state index is 7.47. The molecular weight excluding hydrogens is 240 g/mol. The van der Waals surface area contributed by atoms with Gasteiger partial charge in [0.1, 0.15) is 5.84 Å². The van der Waals surface area contributed by atoms with Crippen molar-refractivity contribution in [1.29, 1.82) is 5.41 Å². The zero-order chi connectivity index (χ0) is 13.8. The lowest BCUT2D eigenvalue weighted by molar-refractivity contribution is 0.355. The van der Waals surface area contributed by atoms with Gasteiger partial charge in [-0.25, -0.2) is 0 Å². The first-order chi connectivity index (χ1) is 9.15. The lowest BCUT2D eigenvalue weighted by Crippen LogP contribution is -2.10. The molecule has 19 heavy (non-hydrogen) atoms. The van der Waals surface area contributed by atoms with Crippen molar-refractivity contribution in [2.45, 2.75) is 0 Å². The van der Waals surface area contributed by atoms with Gasteiger partial charge in [-0.05, 0) is 29.3 Å². The largest absolute Gasteiger partial charge is 0.493 e. The molecule has 3 N–H and O–H groups in total. The summed E-state index contributed by atoms with van der Waals surface area (Å²) < 4.78 is 10.5. The van der Waals surface area contributed by atoms with E-state index >= 15 is 0 Å². The summed E-state index contributed by atoms with van der Waals surface area (Å²) in [6, 6.07) is 13.2. The second-order valence-electron chi connectivity index (χ2n) is 4.06. The van der Waals surface area contributed by atoms with Gasteiger partial charge in [0.25, 0.3) is 0 Å². The summed E-state index contributed by atoms with van der Waals surface area (Å²) in [4.78, 5) is 0. The van der Waals surface area contributed by atoms with Crippen LogP contribution in [-0.4, -0.2) is 20.1 Å². The van der Waals surface area contributed by atoms with Crippen molar-refractivity contribution >= 4 is 5.84 Å². The van der Waals surface area contributed by atoms with Crippen LogP contribution in [0.1, 0.15) is 5.56 Å². The molecule has 0 saturated carbocycles. The quantitative estimate of drug-likeness (QED) is 0.652. The van der Waals surface area contributed by atoms with E-state index in [-0.39, 0.29) is 5.84 Å². The number of hydrogen-bond donors (Lipinski definition) is 2. The summed E-state index contributed by atoms with van der Waals surface area (Å²) in [5.74, 6) is 1.42. The highest BCUT2D eigenvalue weighted by molar-refractivity contribution is 5.96. The second-order valence-corrected chi connectivity index (χ2v) is 4.06. The van der Waals surface area contributed by atoms with Crippen molar-refractivity contribution in [1.82, 2.24) is 0 Å². The fourth-order valence-corrected chi connectivity index (χ4v) is 1.88. The highest BCUT2D eigenvalue weighted by atomic mass is 16.5. The lowest BCUT2D eigenvalue weighted by Gasteiger charge is -2.10. The minimum Gasteiger partial charge on any atom is -0.493 e. The number of nitrogen functional groups attached to an aromatic ring is 1. The van der Waals surface area contributed by atoms with Gasteiger partial charge in [-0.3, -0.25) is 5.41 Å². The van der Waals surface area contributed by atoms with E-state index in [0.717, 1.165) is 11.1 Å². The smallest absolute Gasteiger partial charge is 0.161 e. The molecule has 4 heteroatoms. The number of nitrogens with two attached hydrogens (primary N) is 1. The number of nitrogens with one attached hydrogen (secondary N) is 1. The molecule has 0 atom stereocenters. The Morgan fingerprint density at radius 2 is 1.63 bits per heavy atom. The molecule has 0 saturated heterocycles. The molecule has 0 aliphatic rings. The average Bonchev–Trinajstić information content (AvgIpc) is 2.46. The Balaban J connectivity index is 2.47. The Morgan fingerprint density at radius 1 is 0.947 bits per heavy atom. The zero-order valence-electron chi connectivity index (χ0n) is 10.9. The van der Waals surface area contributed by atoms with Gasteiger partial charge in [-0.2, -0.15) is 0 Å². The first kappa shape index (κ1) is 13.0. The van der Waals surface area contributed by atoms with Crippen LogP contribution < -0.4 is 15.2 Å². The molecule has 0 unspecified atom stereocenters. The Kier molecular flexibility index (Phi) is 3.71. The maximum Gasteiger partial charge on any atom is 0.161 e. The summed E-state index contributed by atoms with van der Waals surface area (Å²) in [7, 11) is 3.21. The molecular formula is C15H16N2O2. The number of methoxy groups -OCH3 is 2. The van der Waals surface area contributed by atoms with Crippen LogP contribution in [0.2, 0.25) is 0 Å². The van der Waals surface area contributed by atoms with Crippen LogP contribution >= 0.6 is 0 Å². The van der Waals surface area contributed by atoms with E-state index in [4.69, 9.17) is 20.6 Å². The summed E-state index contributed by atoms with van der Waals surface area (Å²) in [6.07, 6.45) is 0. The molecule has 0 aliphatic heterocycles. The van der Waals surface area contributed by atoms with Crippen LogP contribution in [0.15, 0.2) is 42.5 Å². The van der Waals surface area contributed by atoms with Crippen molar-refractivity contribution < 1.29 is 9.47 Å². The van der Waals surface area contributed by atoms with E-state index in [0.29, 0.717) is 17.1 Å². The van der Waals surface area contributed by atoms with Crippen LogP contribution in [0, 0.1) is 5.41 Å². The average molecular weight is 256 g/mol. The van der Waals surface area contributed by atoms with Crippen molar-refractivity contribution in [3.05, 3.63) is 48.0 Å². The molecule has 0 amide bonds. The number of amidine groups is 1. The molecule has 0 bridgehead atoms. The number of rotatable bonds is 4. The standard InChI is InChI=1S/C15H16N2O2/c1-18-13-7-6-11(9-14(13)19-2)10-4-3-5-12(8-10)15(16)17/h3-9H,1-2H3,(H3,16,17). The monoisotopic (exact) mass is 256 g/mol. The van der Waals surface area contributed by atoms with E-state index in [9.17, 15) is 0 Å². The minimum atomic E-state index is 0.0577. The SMILES string of the molecule is COc1ccc(-c2cccc(C(=N)N)c2)cc1OC. The van der Waals surface area contributed by atoms with Gasteiger partial charge >= 0.3 is 0 Å². The molecule has 0 aliphatic carbocycles. The van der Waals surface area contributed by atoms with Gasteiger partial charge in [0.15, 0.2) is 11.5 Å². The summed E-state index contributed by atoms with van der Waals surface area (Å²) in [6.45, 7) is 0. The van der Waals surface area contributed by atoms with Gasteiger partial charge in [0.05, 0.1) is 14.2 Å². The third-order valence-corrected chi connectivity index (χ3v) is 2.89. The van der Waals surface area contributed by atoms with Crippen LogP contribution in [0.5, 0.6) is 11.5 Å². The number of ether oxygens (including phenoxy) is 2. The fraction of sp³-hybridized carbons (Fsp3) is 0.133. The van der Waals surface area contributed by atoms with Gasteiger partial charge in [0, 0.05) is 5.56 Å². The Labute approximate surface area is 112 Å². The van der Waals surface area contributed by atoms with Gasteiger partial charge < -0.3 is 15.2 Å². The number of hydrogen-bond acceptors (Lipinski definition) is 3. The molecule has 2 aromatic rings. The molecule has 0 fully saturated rings. The lowest BCUT2D eigenvalue weighted by atomic mass is 10.0. The van der Waals surface area contributed by atoms with Crippen molar-refractivity contribution in [2.24, 2.45) is 5.73 Å². The Bertz CT molecular complexity index is 609. The molecule has 98 valence electrons. The third kappa shape index (κ3) is 2.68. The van der Waals surface area contributed by atoms with Crippen LogP contribution in [0.4, 0.5) is 0 Å². The normalized spacial score (nSPS) is 10.0. The highest BCUT2D eigenvalue weighted by Crippen LogP contribution is 2.32. The van der Waals surface area contributed by atoms with Crippen LogP contribution in [0.25, 0.3) is 11.1 Å². The van der Waals surface area contributed by atoms with Crippen LogP contribution in [-0.2, 0) is 0 Å². The molecule has 0 heterocycles. The first-order valence-electron chi connectivity index (χ1n) is 5.82. The summed E-state index contributed by atoms with van der Waals surface area (Å²) in [5, 5.41) is 7.47. The Hall–Kier alpha value is -2.49. The predicted molar refractivity (Wildman–Crippen MR) is 76.0 cm³/mol. The molecule has 2 aromatic carbocycles. The van der Waals surface area contributed by atoms with E-state index in [1.165, 1.54) is 0 Å². The molecule has 0 radical (unpaired) electrons. The minimum absolute atomic E-state index is 0.0577. The fourth-order valence-electron chi connectivity index (χ4n) is 1.88. The van der Waals surface area contributed by atoms with Crippen molar-refractivity contribution in [3.8, 4) is 22.6 Å². The molecule has 0 aromatic heterocycles. The van der Waals surface area contributed by atoms with Crippen LogP contribution in [0.3, 0.4) is 0 Å². The number of benzene rings is 2. The van der Waals surface area contributed by atoms with E-state index < -0.39 is 0 Å². The van der Waals surface area contributed by atoms with Crippen molar-refractivity contribution in [3.63, 3.8) is 0 Å². The third-order valence-electron chi connectivity index (χ3n) is 2.89. The van der Waals surface area contributed by atoms with Gasteiger partial charge in [-0.15, -0.1) is 0 Å².